The minimum Gasteiger partial charge on any atom is -0.384 e. The number of primary amides is 1. The van der Waals surface area contributed by atoms with Gasteiger partial charge in [-0.1, -0.05) is 6.42 Å². The van der Waals surface area contributed by atoms with Crippen molar-refractivity contribution < 1.29 is 14.4 Å². The maximum Gasteiger partial charge on any atom is 0.251 e. The molecule has 2 amide bonds. The number of anilines is 2. The molecule has 8 heteroatoms. The number of ketones is 1. The number of aromatic nitrogens is 1. The van der Waals surface area contributed by atoms with Gasteiger partial charge in [-0.05, 0) is 87.6 Å². The molecule has 2 saturated carbocycles. The number of hydrogen-bond acceptors (Lipinski definition) is 6. The Balaban J connectivity index is 1.10. The second-order valence-corrected chi connectivity index (χ2v) is 11.3. The zero-order valence-electron chi connectivity index (χ0n) is 21.1. The summed E-state index contributed by atoms with van der Waals surface area (Å²) in [5.41, 5.74) is 7.85. The van der Waals surface area contributed by atoms with Crippen molar-refractivity contribution >= 4 is 29.1 Å². The third-order valence-corrected chi connectivity index (χ3v) is 8.67. The second-order valence-electron chi connectivity index (χ2n) is 11.3. The topological polar surface area (TPSA) is 117 Å². The zero-order valence-corrected chi connectivity index (χ0v) is 21.1. The highest BCUT2D eigenvalue weighted by Gasteiger charge is 2.42. The third-order valence-electron chi connectivity index (χ3n) is 8.67. The molecule has 4 N–H and O–H groups in total. The quantitative estimate of drug-likeness (QED) is 0.449. The number of carbonyl (C=O) groups is 3. The van der Waals surface area contributed by atoms with E-state index in [0.29, 0.717) is 34.8 Å². The first-order valence-corrected chi connectivity index (χ1v) is 13.7. The SMILES string of the molecule is NC(=O)c1ccc(C(=O)N[C@H]2C[C@H]3CC[C@@H](C2)N3c2ccc(C(=O)C3CCC3)cn2)cc1NCC1CC1. The van der Waals surface area contributed by atoms with Gasteiger partial charge in [-0.3, -0.25) is 14.4 Å². The standard InChI is InChI=1S/C29H35N5O3/c30-28(36)24-10-6-19(12-25(24)31-15-17-4-5-17)29(37)33-21-13-22-8-9-23(14-21)34(22)26-11-7-20(16-32-26)27(35)18-2-1-3-18/h6-7,10-12,16-18,21-23,31H,1-5,8-9,13-15H2,(H2,30,36)(H,33,37)/t21-,22+,23-. The number of pyridine rings is 1. The van der Waals surface area contributed by atoms with Gasteiger partial charge in [0, 0.05) is 53.6 Å². The number of nitrogens with zero attached hydrogens (tertiary/aromatic N) is 2. The molecule has 1 aromatic heterocycles. The van der Waals surface area contributed by atoms with Crippen molar-refractivity contribution in [1.29, 1.82) is 0 Å². The lowest BCUT2D eigenvalue weighted by atomic mass is 9.80. The van der Waals surface area contributed by atoms with Crippen LogP contribution in [0.3, 0.4) is 0 Å². The summed E-state index contributed by atoms with van der Waals surface area (Å²) in [6.07, 6.45) is 11.1. The summed E-state index contributed by atoms with van der Waals surface area (Å²) >= 11 is 0. The van der Waals surface area contributed by atoms with Crippen LogP contribution in [0.4, 0.5) is 11.5 Å². The first kappa shape index (κ1) is 23.9. The molecule has 8 nitrogen and oxygen atoms in total. The third kappa shape index (κ3) is 4.93. The lowest BCUT2D eigenvalue weighted by Crippen LogP contribution is -2.50. The van der Waals surface area contributed by atoms with Gasteiger partial charge in [0.15, 0.2) is 5.78 Å². The van der Waals surface area contributed by atoms with Crippen LogP contribution in [-0.2, 0) is 0 Å². The Morgan fingerprint density at radius 2 is 1.68 bits per heavy atom. The maximum atomic E-state index is 13.2. The summed E-state index contributed by atoms with van der Waals surface area (Å²) in [5.74, 6) is 1.34. The largest absolute Gasteiger partial charge is 0.384 e. The molecule has 0 spiro atoms. The van der Waals surface area contributed by atoms with E-state index in [0.717, 1.165) is 62.9 Å². The normalized spacial score (nSPS) is 24.9. The molecule has 6 rings (SSSR count). The first-order valence-electron chi connectivity index (χ1n) is 13.7. The fourth-order valence-corrected chi connectivity index (χ4v) is 6.15. The highest BCUT2D eigenvalue weighted by atomic mass is 16.2. The van der Waals surface area contributed by atoms with E-state index in [9.17, 15) is 14.4 Å². The van der Waals surface area contributed by atoms with E-state index >= 15 is 0 Å². The highest BCUT2D eigenvalue weighted by Crippen LogP contribution is 2.39. The van der Waals surface area contributed by atoms with Crippen molar-refractivity contribution in [3.8, 4) is 0 Å². The van der Waals surface area contributed by atoms with Crippen LogP contribution in [0, 0.1) is 11.8 Å². The summed E-state index contributed by atoms with van der Waals surface area (Å²) in [7, 11) is 0. The fraction of sp³-hybridized carbons (Fsp3) is 0.517. The fourth-order valence-electron chi connectivity index (χ4n) is 6.15. The number of rotatable bonds is 9. The molecule has 37 heavy (non-hydrogen) atoms. The average molecular weight is 502 g/mol. The predicted octanol–water partition coefficient (Wildman–Crippen LogP) is 3.92. The Morgan fingerprint density at radius 1 is 0.946 bits per heavy atom. The zero-order chi connectivity index (χ0) is 25.5. The summed E-state index contributed by atoms with van der Waals surface area (Å²) < 4.78 is 0. The van der Waals surface area contributed by atoms with E-state index in [2.05, 4.69) is 20.5 Å². The Bertz CT molecular complexity index is 1190. The molecule has 1 aromatic carbocycles. The summed E-state index contributed by atoms with van der Waals surface area (Å²) in [6.45, 7) is 0.789. The van der Waals surface area contributed by atoms with Crippen molar-refractivity contribution in [3.05, 3.63) is 53.2 Å². The molecule has 2 saturated heterocycles. The lowest BCUT2D eigenvalue weighted by Gasteiger charge is -2.40. The minimum absolute atomic E-state index is 0.0828. The number of carbonyl (C=O) groups excluding carboxylic acids is 3. The first-order chi connectivity index (χ1) is 18.0. The molecule has 3 atom stereocenters. The maximum absolute atomic E-state index is 13.2. The van der Waals surface area contributed by atoms with Crippen LogP contribution in [0.1, 0.15) is 88.9 Å². The van der Waals surface area contributed by atoms with Gasteiger partial charge < -0.3 is 21.3 Å². The average Bonchev–Trinajstić information content (AvgIpc) is 3.65. The van der Waals surface area contributed by atoms with Crippen LogP contribution in [0.2, 0.25) is 0 Å². The molecular weight excluding hydrogens is 466 g/mol. The number of nitrogens with one attached hydrogen (secondary N) is 2. The van der Waals surface area contributed by atoms with E-state index in [4.69, 9.17) is 5.73 Å². The molecule has 3 heterocycles. The van der Waals surface area contributed by atoms with Gasteiger partial charge in [0.25, 0.3) is 11.8 Å². The van der Waals surface area contributed by atoms with E-state index in [-0.39, 0.29) is 23.7 Å². The smallest absolute Gasteiger partial charge is 0.251 e. The lowest BCUT2D eigenvalue weighted by molar-refractivity contribution is 0.0854. The number of nitrogens with two attached hydrogens (primary N) is 1. The van der Waals surface area contributed by atoms with Gasteiger partial charge in [0.1, 0.15) is 5.82 Å². The van der Waals surface area contributed by atoms with E-state index < -0.39 is 5.91 Å². The summed E-state index contributed by atoms with van der Waals surface area (Å²) in [6, 6.07) is 9.71. The number of amides is 2. The van der Waals surface area contributed by atoms with Gasteiger partial charge in [-0.15, -0.1) is 0 Å². The molecule has 2 bridgehead atoms. The minimum atomic E-state index is -0.497. The monoisotopic (exact) mass is 501 g/mol. The van der Waals surface area contributed by atoms with Crippen LogP contribution in [0.25, 0.3) is 0 Å². The van der Waals surface area contributed by atoms with Crippen LogP contribution in [-0.4, -0.2) is 47.3 Å². The molecular formula is C29H35N5O3. The number of Topliss-reactive ketones (excluding diaryl/α,β-unsaturated/α-hetero) is 1. The number of fused-ring (bicyclic) bond motifs is 2. The molecule has 0 unspecified atom stereocenters. The summed E-state index contributed by atoms with van der Waals surface area (Å²) in [5, 5.41) is 6.55. The van der Waals surface area contributed by atoms with Crippen LogP contribution < -0.4 is 21.3 Å². The Hall–Kier alpha value is -3.42. The molecule has 4 aliphatic rings. The molecule has 194 valence electrons. The molecule has 2 aromatic rings. The molecule has 2 aliphatic heterocycles. The van der Waals surface area contributed by atoms with E-state index in [1.54, 1.807) is 24.4 Å². The van der Waals surface area contributed by atoms with Crippen LogP contribution in [0.15, 0.2) is 36.5 Å². The second kappa shape index (κ2) is 9.80. The van der Waals surface area contributed by atoms with Crippen molar-refractivity contribution in [2.75, 3.05) is 16.8 Å². The Labute approximate surface area is 217 Å². The molecule has 0 radical (unpaired) electrons. The van der Waals surface area contributed by atoms with Crippen molar-refractivity contribution in [3.63, 3.8) is 0 Å². The van der Waals surface area contributed by atoms with Gasteiger partial charge in [0.2, 0.25) is 0 Å². The van der Waals surface area contributed by atoms with Crippen LogP contribution in [0.5, 0.6) is 0 Å². The number of hydrogen-bond donors (Lipinski definition) is 3. The molecule has 2 aliphatic carbocycles. The summed E-state index contributed by atoms with van der Waals surface area (Å²) in [4.78, 5) is 44.6. The van der Waals surface area contributed by atoms with Crippen molar-refractivity contribution in [2.24, 2.45) is 17.6 Å². The number of benzene rings is 1. The number of piperidine rings is 1. The van der Waals surface area contributed by atoms with E-state index in [1.807, 2.05) is 12.1 Å². The van der Waals surface area contributed by atoms with Crippen molar-refractivity contribution in [2.45, 2.75) is 75.9 Å². The Kier molecular flexibility index (Phi) is 6.34. The van der Waals surface area contributed by atoms with Crippen LogP contribution >= 0.6 is 0 Å². The van der Waals surface area contributed by atoms with Gasteiger partial charge in [-0.25, -0.2) is 4.98 Å². The Morgan fingerprint density at radius 3 is 2.27 bits per heavy atom. The highest BCUT2D eigenvalue weighted by molar-refractivity contribution is 6.02. The van der Waals surface area contributed by atoms with Crippen molar-refractivity contribution in [1.82, 2.24) is 10.3 Å². The van der Waals surface area contributed by atoms with Gasteiger partial charge in [0.05, 0.1) is 5.56 Å². The van der Waals surface area contributed by atoms with Gasteiger partial charge >= 0.3 is 0 Å². The van der Waals surface area contributed by atoms with Gasteiger partial charge in [-0.2, -0.15) is 0 Å². The van der Waals surface area contributed by atoms with E-state index in [1.165, 1.54) is 12.8 Å². The predicted molar refractivity (Wildman–Crippen MR) is 142 cm³/mol. The molecule has 4 fully saturated rings.